The van der Waals surface area contributed by atoms with Crippen LogP contribution in [0.5, 0.6) is 11.5 Å². The first kappa shape index (κ1) is 14.1. The lowest BCUT2D eigenvalue weighted by Gasteiger charge is -2.20. The summed E-state index contributed by atoms with van der Waals surface area (Å²) in [5.41, 5.74) is 0.837. The van der Waals surface area contributed by atoms with Crippen molar-refractivity contribution in [3.63, 3.8) is 0 Å². The first-order valence-corrected chi connectivity index (χ1v) is 6.58. The van der Waals surface area contributed by atoms with Crippen molar-refractivity contribution in [2.45, 2.75) is 12.5 Å². The van der Waals surface area contributed by atoms with Crippen LogP contribution >= 0.6 is 0 Å². The molecule has 0 fully saturated rings. The molecule has 19 heavy (non-hydrogen) atoms. The predicted molar refractivity (Wildman–Crippen MR) is 71.8 cm³/mol. The van der Waals surface area contributed by atoms with Crippen molar-refractivity contribution in [1.29, 1.82) is 0 Å². The Morgan fingerprint density at radius 2 is 2.11 bits per heavy atom. The van der Waals surface area contributed by atoms with Crippen LogP contribution in [0.2, 0.25) is 0 Å². The SMILES string of the molecule is COCCCNCC(O)c1ccc2c(c1)OCCO2. The van der Waals surface area contributed by atoms with Gasteiger partial charge in [-0.25, -0.2) is 0 Å². The standard InChI is InChI=1S/C14H21NO4/c1-17-6-2-5-15-10-12(16)11-3-4-13-14(9-11)19-8-7-18-13/h3-4,9,12,15-16H,2,5-8,10H2,1H3. The largest absolute Gasteiger partial charge is 0.486 e. The average molecular weight is 267 g/mol. The van der Waals surface area contributed by atoms with Crippen molar-refractivity contribution >= 4 is 0 Å². The number of hydrogen-bond acceptors (Lipinski definition) is 5. The molecule has 2 rings (SSSR count). The second-order valence-corrected chi connectivity index (χ2v) is 4.47. The highest BCUT2D eigenvalue weighted by atomic mass is 16.6. The molecular formula is C14H21NO4. The second-order valence-electron chi connectivity index (χ2n) is 4.47. The van der Waals surface area contributed by atoms with E-state index in [0.29, 0.717) is 25.5 Å². The Bertz CT molecular complexity index is 397. The normalized spacial score (nSPS) is 15.3. The fraction of sp³-hybridized carbons (Fsp3) is 0.571. The summed E-state index contributed by atoms with van der Waals surface area (Å²) in [4.78, 5) is 0. The van der Waals surface area contributed by atoms with Gasteiger partial charge in [-0.3, -0.25) is 0 Å². The van der Waals surface area contributed by atoms with Crippen molar-refractivity contribution in [2.24, 2.45) is 0 Å². The lowest BCUT2D eigenvalue weighted by Crippen LogP contribution is -2.23. The maximum Gasteiger partial charge on any atom is 0.161 e. The number of rotatable bonds is 7. The van der Waals surface area contributed by atoms with Crippen molar-refractivity contribution in [2.75, 3.05) is 40.0 Å². The van der Waals surface area contributed by atoms with Crippen molar-refractivity contribution in [3.05, 3.63) is 23.8 Å². The molecule has 1 aliphatic rings. The number of aliphatic hydroxyl groups excluding tert-OH is 1. The molecule has 1 atom stereocenters. The lowest BCUT2D eigenvalue weighted by atomic mass is 10.1. The average Bonchev–Trinajstić information content (AvgIpc) is 2.46. The summed E-state index contributed by atoms with van der Waals surface area (Å²) in [6, 6.07) is 5.56. The molecule has 0 amide bonds. The van der Waals surface area contributed by atoms with Gasteiger partial charge in [0.2, 0.25) is 0 Å². The maximum atomic E-state index is 10.1. The quantitative estimate of drug-likeness (QED) is 0.725. The molecule has 1 heterocycles. The minimum atomic E-state index is -0.543. The van der Waals surface area contributed by atoms with Gasteiger partial charge in [-0.1, -0.05) is 6.07 Å². The fourth-order valence-electron chi connectivity index (χ4n) is 1.97. The van der Waals surface area contributed by atoms with E-state index in [-0.39, 0.29) is 0 Å². The monoisotopic (exact) mass is 267 g/mol. The van der Waals surface area contributed by atoms with Crippen LogP contribution in [0.15, 0.2) is 18.2 Å². The molecule has 0 saturated carbocycles. The van der Waals surface area contributed by atoms with E-state index in [1.165, 1.54) is 0 Å². The first-order valence-electron chi connectivity index (χ1n) is 6.58. The van der Waals surface area contributed by atoms with Crippen LogP contribution in [-0.2, 0) is 4.74 Å². The van der Waals surface area contributed by atoms with E-state index in [4.69, 9.17) is 14.2 Å². The van der Waals surface area contributed by atoms with Crippen LogP contribution in [0.25, 0.3) is 0 Å². The minimum Gasteiger partial charge on any atom is -0.486 e. The highest BCUT2D eigenvalue weighted by Gasteiger charge is 2.15. The molecule has 1 aromatic carbocycles. The van der Waals surface area contributed by atoms with Crippen LogP contribution in [0.1, 0.15) is 18.1 Å². The molecular weight excluding hydrogens is 246 g/mol. The van der Waals surface area contributed by atoms with Gasteiger partial charge >= 0.3 is 0 Å². The first-order chi connectivity index (χ1) is 9.31. The Morgan fingerprint density at radius 3 is 2.89 bits per heavy atom. The van der Waals surface area contributed by atoms with Gasteiger partial charge in [0.1, 0.15) is 13.2 Å². The van der Waals surface area contributed by atoms with Crippen LogP contribution in [0.3, 0.4) is 0 Å². The van der Waals surface area contributed by atoms with Gasteiger partial charge in [-0.05, 0) is 30.7 Å². The summed E-state index contributed by atoms with van der Waals surface area (Å²) in [7, 11) is 1.68. The van der Waals surface area contributed by atoms with E-state index in [0.717, 1.165) is 30.9 Å². The Hall–Kier alpha value is -1.30. The van der Waals surface area contributed by atoms with E-state index in [2.05, 4.69) is 5.32 Å². The number of hydrogen-bond donors (Lipinski definition) is 2. The number of benzene rings is 1. The molecule has 5 nitrogen and oxygen atoms in total. The Kier molecular flexibility index (Phi) is 5.44. The smallest absolute Gasteiger partial charge is 0.161 e. The molecule has 2 N–H and O–H groups in total. The molecule has 0 radical (unpaired) electrons. The number of aliphatic hydroxyl groups is 1. The van der Waals surface area contributed by atoms with Crippen LogP contribution in [-0.4, -0.2) is 45.1 Å². The van der Waals surface area contributed by atoms with E-state index >= 15 is 0 Å². The summed E-state index contributed by atoms with van der Waals surface area (Å²) in [6.07, 6.45) is 0.392. The van der Waals surface area contributed by atoms with Gasteiger partial charge in [0, 0.05) is 20.3 Å². The second kappa shape index (κ2) is 7.33. The van der Waals surface area contributed by atoms with Gasteiger partial charge in [0.15, 0.2) is 11.5 Å². The van der Waals surface area contributed by atoms with Crippen LogP contribution in [0.4, 0.5) is 0 Å². The molecule has 0 saturated heterocycles. The van der Waals surface area contributed by atoms with Crippen LogP contribution < -0.4 is 14.8 Å². The third-order valence-corrected chi connectivity index (χ3v) is 2.99. The molecule has 1 aromatic rings. The third-order valence-electron chi connectivity index (χ3n) is 2.99. The fourth-order valence-corrected chi connectivity index (χ4v) is 1.97. The summed E-state index contributed by atoms with van der Waals surface area (Å²) in [6.45, 7) is 3.21. The maximum absolute atomic E-state index is 10.1. The third kappa shape index (κ3) is 4.09. The molecule has 0 aromatic heterocycles. The lowest BCUT2D eigenvalue weighted by molar-refractivity contribution is 0.161. The van der Waals surface area contributed by atoms with Gasteiger partial charge in [0.25, 0.3) is 0 Å². The molecule has 0 bridgehead atoms. The number of fused-ring (bicyclic) bond motifs is 1. The highest BCUT2D eigenvalue weighted by molar-refractivity contribution is 5.44. The van der Waals surface area contributed by atoms with E-state index in [1.54, 1.807) is 7.11 Å². The predicted octanol–water partition coefficient (Wildman–Crippen LogP) is 1.12. The zero-order chi connectivity index (χ0) is 13.5. The zero-order valence-electron chi connectivity index (χ0n) is 11.2. The van der Waals surface area contributed by atoms with Gasteiger partial charge in [-0.2, -0.15) is 0 Å². The molecule has 0 spiro atoms. The van der Waals surface area contributed by atoms with E-state index in [1.807, 2.05) is 18.2 Å². The Morgan fingerprint density at radius 1 is 1.32 bits per heavy atom. The molecule has 0 aliphatic carbocycles. The zero-order valence-corrected chi connectivity index (χ0v) is 11.2. The van der Waals surface area contributed by atoms with Gasteiger partial charge in [0.05, 0.1) is 6.10 Å². The Labute approximate surface area is 113 Å². The topological polar surface area (TPSA) is 60.0 Å². The summed E-state index contributed by atoms with van der Waals surface area (Å²) >= 11 is 0. The number of ether oxygens (including phenoxy) is 3. The summed E-state index contributed by atoms with van der Waals surface area (Å²) in [5.74, 6) is 1.46. The van der Waals surface area contributed by atoms with Gasteiger partial charge in [-0.15, -0.1) is 0 Å². The number of nitrogens with one attached hydrogen (secondary N) is 1. The van der Waals surface area contributed by atoms with Gasteiger partial charge < -0.3 is 24.6 Å². The summed E-state index contributed by atoms with van der Waals surface area (Å²) in [5, 5.41) is 13.3. The van der Waals surface area contributed by atoms with Crippen molar-refractivity contribution in [3.8, 4) is 11.5 Å². The van der Waals surface area contributed by atoms with Crippen molar-refractivity contribution in [1.82, 2.24) is 5.32 Å². The minimum absolute atomic E-state index is 0.517. The van der Waals surface area contributed by atoms with Crippen LogP contribution in [0, 0.1) is 0 Å². The molecule has 106 valence electrons. The van der Waals surface area contributed by atoms with Crippen molar-refractivity contribution < 1.29 is 19.3 Å². The van der Waals surface area contributed by atoms with E-state index < -0.39 is 6.10 Å². The molecule has 1 unspecified atom stereocenters. The summed E-state index contributed by atoms with van der Waals surface area (Å²) < 4.78 is 15.9. The number of methoxy groups -OCH3 is 1. The Balaban J connectivity index is 1.83. The highest BCUT2D eigenvalue weighted by Crippen LogP contribution is 2.32. The molecule has 1 aliphatic heterocycles. The molecule has 5 heteroatoms. The van der Waals surface area contributed by atoms with E-state index in [9.17, 15) is 5.11 Å².